The van der Waals surface area contributed by atoms with Crippen molar-refractivity contribution in [2.24, 2.45) is 5.73 Å². The van der Waals surface area contributed by atoms with Crippen LogP contribution in [0.25, 0.3) is 0 Å². The van der Waals surface area contributed by atoms with Gasteiger partial charge in [-0.05, 0) is 41.1 Å². The van der Waals surface area contributed by atoms with Crippen molar-refractivity contribution >= 4 is 39.1 Å². The van der Waals surface area contributed by atoms with Crippen molar-refractivity contribution < 1.29 is 4.79 Å². The van der Waals surface area contributed by atoms with Crippen molar-refractivity contribution in [2.75, 3.05) is 5.32 Å². The average Bonchev–Trinajstić information content (AvgIpc) is 2.09. The van der Waals surface area contributed by atoms with Crippen LogP contribution < -0.4 is 11.1 Å². The van der Waals surface area contributed by atoms with E-state index in [4.69, 9.17) is 17.3 Å². The summed E-state index contributed by atoms with van der Waals surface area (Å²) in [7, 11) is 0. The van der Waals surface area contributed by atoms with Crippen LogP contribution >= 0.6 is 27.5 Å². The highest BCUT2D eigenvalue weighted by atomic mass is 79.9. The van der Waals surface area contributed by atoms with E-state index in [1.54, 1.807) is 25.1 Å². The van der Waals surface area contributed by atoms with Gasteiger partial charge in [0.2, 0.25) is 5.91 Å². The molecule has 14 heavy (non-hydrogen) atoms. The highest BCUT2D eigenvalue weighted by Crippen LogP contribution is 2.25. The van der Waals surface area contributed by atoms with Crippen LogP contribution in [-0.2, 0) is 4.79 Å². The minimum atomic E-state index is -0.530. The first-order valence-electron chi connectivity index (χ1n) is 4.02. The summed E-state index contributed by atoms with van der Waals surface area (Å²) in [4.78, 5) is 11.3. The Morgan fingerprint density at radius 1 is 1.64 bits per heavy atom. The first-order valence-corrected chi connectivity index (χ1v) is 5.19. The van der Waals surface area contributed by atoms with Crippen molar-refractivity contribution in [1.29, 1.82) is 0 Å². The van der Waals surface area contributed by atoms with Crippen molar-refractivity contribution in [3.8, 4) is 0 Å². The Balaban J connectivity index is 2.82. The standard InChI is InChI=1S/C9H10BrClN2O/c1-5(12)9(14)13-8-3-2-6(11)4-7(8)10/h2-5H,12H2,1H3,(H,13,14)/t5-/m0/s1. The molecule has 1 aromatic rings. The first-order chi connectivity index (χ1) is 6.50. The highest BCUT2D eigenvalue weighted by Gasteiger charge is 2.09. The second-order valence-corrected chi connectivity index (χ2v) is 4.19. The lowest BCUT2D eigenvalue weighted by Gasteiger charge is -2.09. The Hall–Kier alpha value is -0.580. The zero-order chi connectivity index (χ0) is 10.7. The van der Waals surface area contributed by atoms with E-state index in [0.29, 0.717) is 10.7 Å². The molecular weight excluding hydrogens is 267 g/mol. The molecule has 1 atom stereocenters. The lowest BCUT2D eigenvalue weighted by atomic mass is 10.3. The molecule has 3 N–H and O–H groups in total. The molecule has 76 valence electrons. The quantitative estimate of drug-likeness (QED) is 0.872. The summed E-state index contributed by atoms with van der Waals surface area (Å²) in [5.41, 5.74) is 6.07. The van der Waals surface area contributed by atoms with Gasteiger partial charge >= 0.3 is 0 Å². The molecule has 0 unspecified atom stereocenters. The third-order valence-corrected chi connectivity index (χ3v) is 2.49. The summed E-state index contributed by atoms with van der Waals surface area (Å²) < 4.78 is 0.735. The maximum absolute atomic E-state index is 11.3. The third kappa shape index (κ3) is 2.97. The number of benzene rings is 1. The van der Waals surface area contributed by atoms with Crippen molar-refractivity contribution in [3.63, 3.8) is 0 Å². The van der Waals surface area contributed by atoms with Gasteiger partial charge in [-0.1, -0.05) is 11.6 Å². The van der Waals surface area contributed by atoms with Gasteiger partial charge < -0.3 is 11.1 Å². The largest absolute Gasteiger partial charge is 0.324 e. The minimum Gasteiger partial charge on any atom is -0.324 e. The molecule has 0 aliphatic rings. The molecule has 0 saturated heterocycles. The molecule has 0 spiro atoms. The van der Waals surface area contributed by atoms with E-state index in [0.717, 1.165) is 4.47 Å². The molecule has 1 aromatic carbocycles. The second kappa shape index (κ2) is 4.77. The number of carbonyl (C=O) groups is 1. The molecule has 5 heteroatoms. The van der Waals surface area contributed by atoms with Gasteiger partial charge in [-0.3, -0.25) is 4.79 Å². The van der Waals surface area contributed by atoms with Gasteiger partial charge in [0.05, 0.1) is 11.7 Å². The van der Waals surface area contributed by atoms with Crippen LogP contribution in [0.2, 0.25) is 5.02 Å². The molecule has 1 amide bonds. The highest BCUT2D eigenvalue weighted by molar-refractivity contribution is 9.10. The molecule has 0 aromatic heterocycles. The Morgan fingerprint density at radius 3 is 2.79 bits per heavy atom. The zero-order valence-electron chi connectivity index (χ0n) is 7.55. The number of amides is 1. The number of nitrogens with one attached hydrogen (secondary N) is 1. The molecule has 1 rings (SSSR count). The van der Waals surface area contributed by atoms with Crippen molar-refractivity contribution in [3.05, 3.63) is 27.7 Å². The number of rotatable bonds is 2. The van der Waals surface area contributed by atoms with E-state index in [2.05, 4.69) is 21.2 Å². The molecule has 0 heterocycles. The van der Waals surface area contributed by atoms with Crippen LogP contribution in [0.5, 0.6) is 0 Å². The number of carbonyl (C=O) groups excluding carboxylic acids is 1. The predicted octanol–water partition coefficient (Wildman–Crippen LogP) is 2.39. The Bertz CT molecular complexity index is 355. The molecule has 3 nitrogen and oxygen atoms in total. The van der Waals surface area contributed by atoms with Crippen LogP contribution in [0.1, 0.15) is 6.92 Å². The normalized spacial score (nSPS) is 12.3. The number of hydrogen-bond donors (Lipinski definition) is 2. The number of nitrogens with two attached hydrogens (primary N) is 1. The lowest BCUT2D eigenvalue weighted by molar-refractivity contribution is -0.117. The summed E-state index contributed by atoms with van der Waals surface area (Å²) in [5.74, 6) is -0.229. The molecular formula is C9H10BrClN2O. The summed E-state index contributed by atoms with van der Waals surface area (Å²) in [6, 6.07) is 4.59. The molecule has 0 aliphatic heterocycles. The van der Waals surface area contributed by atoms with Gasteiger partial charge in [-0.15, -0.1) is 0 Å². The summed E-state index contributed by atoms with van der Waals surface area (Å²) in [6.45, 7) is 1.62. The maximum atomic E-state index is 11.3. The maximum Gasteiger partial charge on any atom is 0.241 e. The van der Waals surface area contributed by atoms with E-state index in [9.17, 15) is 4.79 Å². The fraction of sp³-hybridized carbons (Fsp3) is 0.222. The first kappa shape index (κ1) is 11.5. The SMILES string of the molecule is C[C@H](N)C(=O)Nc1ccc(Cl)cc1Br. The topological polar surface area (TPSA) is 55.1 Å². The zero-order valence-corrected chi connectivity index (χ0v) is 9.89. The van der Waals surface area contributed by atoms with E-state index in [-0.39, 0.29) is 5.91 Å². The number of hydrogen-bond acceptors (Lipinski definition) is 2. The number of anilines is 1. The van der Waals surface area contributed by atoms with Crippen LogP contribution in [-0.4, -0.2) is 11.9 Å². The average molecular weight is 278 g/mol. The molecule has 0 fully saturated rings. The summed E-state index contributed by atoms with van der Waals surface area (Å²) >= 11 is 9.03. The Morgan fingerprint density at radius 2 is 2.29 bits per heavy atom. The Labute approximate surface area is 95.7 Å². The fourth-order valence-corrected chi connectivity index (χ4v) is 1.62. The van der Waals surface area contributed by atoms with Gasteiger partial charge in [-0.2, -0.15) is 0 Å². The van der Waals surface area contributed by atoms with Crippen LogP contribution in [0.3, 0.4) is 0 Å². The summed E-state index contributed by atoms with van der Waals surface area (Å²) in [6.07, 6.45) is 0. The van der Waals surface area contributed by atoms with E-state index < -0.39 is 6.04 Å². The third-order valence-electron chi connectivity index (χ3n) is 1.60. The van der Waals surface area contributed by atoms with Crippen LogP contribution in [0.4, 0.5) is 5.69 Å². The molecule has 0 aliphatic carbocycles. The van der Waals surface area contributed by atoms with Gasteiger partial charge in [0.1, 0.15) is 0 Å². The lowest BCUT2D eigenvalue weighted by Crippen LogP contribution is -2.32. The fourth-order valence-electron chi connectivity index (χ4n) is 0.837. The van der Waals surface area contributed by atoms with Crippen molar-refractivity contribution in [2.45, 2.75) is 13.0 Å². The van der Waals surface area contributed by atoms with Crippen LogP contribution in [0.15, 0.2) is 22.7 Å². The van der Waals surface area contributed by atoms with E-state index >= 15 is 0 Å². The van der Waals surface area contributed by atoms with Gasteiger partial charge in [0.15, 0.2) is 0 Å². The minimum absolute atomic E-state index is 0.229. The van der Waals surface area contributed by atoms with Crippen LogP contribution in [0, 0.1) is 0 Å². The molecule has 0 bridgehead atoms. The predicted molar refractivity (Wildman–Crippen MR) is 61.4 cm³/mol. The monoisotopic (exact) mass is 276 g/mol. The van der Waals surface area contributed by atoms with Gasteiger partial charge in [0.25, 0.3) is 0 Å². The van der Waals surface area contributed by atoms with E-state index in [1.165, 1.54) is 0 Å². The number of halogens is 2. The Kier molecular flexibility index (Phi) is 3.92. The second-order valence-electron chi connectivity index (χ2n) is 2.90. The molecule has 0 radical (unpaired) electrons. The van der Waals surface area contributed by atoms with Gasteiger partial charge in [0, 0.05) is 9.50 Å². The molecule has 0 saturated carbocycles. The smallest absolute Gasteiger partial charge is 0.241 e. The summed E-state index contributed by atoms with van der Waals surface area (Å²) in [5, 5.41) is 3.27. The van der Waals surface area contributed by atoms with E-state index in [1.807, 2.05) is 0 Å². The van der Waals surface area contributed by atoms with Gasteiger partial charge in [-0.25, -0.2) is 0 Å². The van der Waals surface area contributed by atoms with Crippen molar-refractivity contribution in [1.82, 2.24) is 0 Å².